The summed E-state index contributed by atoms with van der Waals surface area (Å²) in [4.78, 5) is 13.8. The summed E-state index contributed by atoms with van der Waals surface area (Å²) < 4.78 is 10.3. The van der Waals surface area contributed by atoms with Gasteiger partial charge in [-0.25, -0.2) is 4.98 Å². The molecule has 15 heavy (non-hydrogen) atoms. The summed E-state index contributed by atoms with van der Waals surface area (Å²) in [6.45, 7) is 0.841. The van der Waals surface area contributed by atoms with Crippen LogP contribution in [0, 0.1) is 10.1 Å². The van der Waals surface area contributed by atoms with Gasteiger partial charge in [0.2, 0.25) is 0 Å². The van der Waals surface area contributed by atoms with Crippen LogP contribution in [0.25, 0.3) is 0 Å². The van der Waals surface area contributed by atoms with Gasteiger partial charge in [-0.05, 0) is 6.07 Å². The van der Waals surface area contributed by atoms with Crippen molar-refractivity contribution in [2.45, 2.75) is 6.29 Å². The molecule has 1 saturated heterocycles. The van der Waals surface area contributed by atoms with Gasteiger partial charge in [0.05, 0.1) is 23.7 Å². The van der Waals surface area contributed by atoms with Gasteiger partial charge in [-0.2, -0.15) is 0 Å². The second-order valence-electron chi connectivity index (χ2n) is 3.00. The molecule has 0 atom stereocenters. The fourth-order valence-electron chi connectivity index (χ4n) is 1.36. The van der Waals surface area contributed by atoms with Crippen molar-refractivity contribution in [1.82, 2.24) is 4.98 Å². The number of pyridine rings is 1. The molecule has 1 aliphatic rings. The normalized spacial score (nSPS) is 16.8. The number of nitrogens with zero attached hydrogens (tertiary/aromatic N) is 2. The number of nitro groups is 1. The van der Waals surface area contributed by atoms with Crippen LogP contribution in [0.2, 0.25) is 0 Å². The standard InChI is InChI=1S/C8H9N3O4/c9-7-3-5(8-14-1-2-15-8)6(4-10-7)11(12)13/h3-4,8H,1-2H2,(H2,9,10). The van der Waals surface area contributed by atoms with Crippen LogP contribution in [0.4, 0.5) is 11.5 Å². The number of nitrogen functional groups attached to an aromatic ring is 1. The fourth-order valence-corrected chi connectivity index (χ4v) is 1.36. The van der Waals surface area contributed by atoms with Crippen molar-refractivity contribution < 1.29 is 14.4 Å². The molecule has 2 heterocycles. The first-order valence-corrected chi connectivity index (χ1v) is 4.31. The van der Waals surface area contributed by atoms with Crippen LogP contribution in [0.5, 0.6) is 0 Å². The Morgan fingerprint density at radius 1 is 1.53 bits per heavy atom. The highest BCUT2D eigenvalue weighted by molar-refractivity contribution is 5.46. The van der Waals surface area contributed by atoms with Crippen molar-refractivity contribution in [3.05, 3.63) is 27.9 Å². The van der Waals surface area contributed by atoms with Gasteiger partial charge in [0.25, 0.3) is 5.69 Å². The molecule has 1 aromatic heterocycles. The largest absolute Gasteiger partial charge is 0.384 e. The van der Waals surface area contributed by atoms with Gasteiger partial charge in [0.1, 0.15) is 12.0 Å². The van der Waals surface area contributed by atoms with E-state index in [1.165, 1.54) is 6.07 Å². The summed E-state index contributed by atoms with van der Waals surface area (Å²) in [5.74, 6) is 0.203. The maximum Gasteiger partial charge on any atom is 0.295 e. The van der Waals surface area contributed by atoms with Crippen molar-refractivity contribution in [2.75, 3.05) is 18.9 Å². The third-order valence-electron chi connectivity index (χ3n) is 2.01. The van der Waals surface area contributed by atoms with Crippen molar-refractivity contribution >= 4 is 11.5 Å². The monoisotopic (exact) mass is 211 g/mol. The number of nitrogens with two attached hydrogens (primary N) is 1. The third kappa shape index (κ3) is 1.88. The lowest BCUT2D eigenvalue weighted by atomic mass is 10.2. The number of hydrogen-bond acceptors (Lipinski definition) is 6. The Balaban J connectivity index is 2.41. The average Bonchev–Trinajstić information content (AvgIpc) is 2.69. The first kappa shape index (κ1) is 9.81. The highest BCUT2D eigenvalue weighted by Gasteiger charge is 2.27. The molecule has 0 bridgehead atoms. The highest BCUT2D eigenvalue weighted by atomic mass is 16.7. The zero-order valence-electron chi connectivity index (χ0n) is 7.75. The summed E-state index contributed by atoms with van der Waals surface area (Å²) in [5.41, 5.74) is 5.62. The second kappa shape index (κ2) is 3.79. The van der Waals surface area contributed by atoms with Crippen LogP contribution < -0.4 is 5.73 Å². The lowest BCUT2D eigenvalue weighted by Crippen LogP contribution is -2.05. The first-order valence-electron chi connectivity index (χ1n) is 4.31. The first-order chi connectivity index (χ1) is 7.18. The molecule has 0 amide bonds. The van der Waals surface area contributed by atoms with Crippen molar-refractivity contribution in [1.29, 1.82) is 0 Å². The molecule has 0 radical (unpaired) electrons. The summed E-state index contributed by atoms with van der Waals surface area (Å²) in [7, 11) is 0. The zero-order valence-corrected chi connectivity index (χ0v) is 7.75. The van der Waals surface area contributed by atoms with E-state index < -0.39 is 11.2 Å². The Morgan fingerprint density at radius 2 is 2.20 bits per heavy atom. The van der Waals surface area contributed by atoms with Crippen LogP contribution >= 0.6 is 0 Å². The lowest BCUT2D eigenvalue weighted by Gasteiger charge is -2.09. The van der Waals surface area contributed by atoms with E-state index in [1.807, 2.05) is 0 Å². The van der Waals surface area contributed by atoms with Gasteiger partial charge in [-0.15, -0.1) is 0 Å². The van der Waals surface area contributed by atoms with Crippen molar-refractivity contribution in [3.63, 3.8) is 0 Å². The molecule has 0 spiro atoms. The smallest absolute Gasteiger partial charge is 0.295 e. The molecule has 0 aromatic carbocycles. The Morgan fingerprint density at radius 3 is 2.80 bits per heavy atom. The summed E-state index contributed by atoms with van der Waals surface area (Å²) >= 11 is 0. The number of ether oxygens (including phenoxy) is 2. The molecule has 0 saturated carbocycles. The van der Waals surface area contributed by atoms with Crippen LogP contribution in [0.1, 0.15) is 11.9 Å². The minimum atomic E-state index is -0.712. The van der Waals surface area contributed by atoms with E-state index in [0.717, 1.165) is 6.20 Å². The van der Waals surface area contributed by atoms with Gasteiger partial charge in [0, 0.05) is 0 Å². The van der Waals surface area contributed by atoms with E-state index in [0.29, 0.717) is 18.8 Å². The van der Waals surface area contributed by atoms with E-state index in [9.17, 15) is 10.1 Å². The zero-order chi connectivity index (χ0) is 10.8. The number of rotatable bonds is 2. The molecule has 80 valence electrons. The predicted octanol–water partition coefficient (Wildman–Crippen LogP) is 0.617. The van der Waals surface area contributed by atoms with E-state index >= 15 is 0 Å². The molecule has 1 aromatic rings. The van der Waals surface area contributed by atoms with Crippen molar-refractivity contribution in [3.8, 4) is 0 Å². The SMILES string of the molecule is Nc1cc(C2OCCO2)c([N+](=O)[O-])cn1. The van der Waals surface area contributed by atoms with Crippen molar-refractivity contribution in [2.24, 2.45) is 0 Å². The van der Waals surface area contributed by atoms with Crippen LogP contribution in [-0.2, 0) is 9.47 Å². The van der Waals surface area contributed by atoms with E-state index in [2.05, 4.69) is 4.98 Å². The Kier molecular flexibility index (Phi) is 2.48. The number of anilines is 1. The van der Waals surface area contributed by atoms with Gasteiger partial charge >= 0.3 is 0 Å². The topological polar surface area (TPSA) is 101 Å². The van der Waals surface area contributed by atoms with Gasteiger partial charge in [-0.3, -0.25) is 10.1 Å². The van der Waals surface area contributed by atoms with E-state index in [-0.39, 0.29) is 11.5 Å². The third-order valence-corrected chi connectivity index (χ3v) is 2.01. The van der Waals surface area contributed by atoms with E-state index in [4.69, 9.17) is 15.2 Å². The second-order valence-corrected chi connectivity index (χ2v) is 3.00. The minimum Gasteiger partial charge on any atom is -0.384 e. The quantitative estimate of drug-likeness (QED) is 0.568. The molecule has 7 heteroatoms. The van der Waals surface area contributed by atoms with Crippen LogP contribution in [-0.4, -0.2) is 23.1 Å². The molecule has 1 aliphatic heterocycles. The molecular formula is C8H9N3O4. The lowest BCUT2D eigenvalue weighted by molar-refractivity contribution is -0.387. The molecule has 2 N–H and O–H groups in total. The average molecular weight is 211 g/mol. The number of hydrogen-bond donors (Lipinski definition) is 1. The molecule has 2 rings (SSSR count). The Hall–Kier alpha value is -1.73. The Labute approximate surface area is 85.0 Å². The predicted molar refractivity (Wildman–Crippen MR) is 49.9 cm³/mol. The molecule has 7 nitrogen and oxygen atoms in total. The summed E-state index contributed by atoms with van der Waals surface area (Å²) in [6, 6.07) is 1.40. The summed E-state index contributed by atoms with van der Waals surface area (Å²) in [6.07, 6.45) is 0.395. The number of aromatic nitrogens is 1. The van der Waals surface area contributed by atoms with Gasteiger partial charge < -0.3 is 15.2 Å². The molecule has 0 unspecified atom stereocenters. The highest BCUT2D eigenvalue weighted by Crippen LogP contribution is 2.31. The molecule has 1 fully saturated rings. The minimum absolute atomic E-state index is 0.142. The molecule has 0 aliphatic carbocycles. The maximum atomic E-state index is 10.7. The summed E-state index contributed by atoms with van der Waals surface area (Å²) in [5, 5.41) is 10.7. The van der Waals surface area contributed by atoms with Gasteiger partial charge in [0.15, 0.2) is 6.29 Å². The van der Waals surface area contributed by atoms with Crippen LogP contribution in [0.3, 0.4) is 0 Å². The Bertz CT molecular complexity index is 389. The van der Waals surface area contributed by atoms with Gasteiger partial charge in [-0.1, -0.05) is 0 Å². The van der Waals surface area contributed by atoms with E-state index in [1.54, 1.807) is 0 Å². The molecular weight excluding hydrogens is 202 g/mol. The maximum absolute atomic E-state index is 10.7. The van der Waals surface area contributed by atoms with Crippen LogP contribution in [0.15, 0.2) is 12.3 Å². The fraction of sp³-hybridized carbons (Fsp3) is 0.375.